The van der Waals surface area contributed by atoms with Crippen molar-refractivity contribution >= 4 is 8.80 Å². The van der Waals surface area contributed by atoms with Crippen LogP contribution in [0.2, 0.25) is 6.04 Å². The van der Waals surface area contributed by atoms with E-state index in [1.807, 2.05) is 0 Å². The van der Waals surface area contributed by atoms with Crippen LogP contribution < -0.4 is 11.1 Å². The maximum Gasteiger partial charge on any atom is 0.500 e. The molecule has 0 amide bonds. The summed E-state index contributed by atoms with van der Waals surface area (Å²) in [7, 11) is 2.53. The average molecular weight is 250 g/mol. The van der Waals surface area contributed by atoms with Crippen LogP contribution in [0.15, 0.2) is 0 Å². The molecule has 0 spiro atoms. The lowest BCUT2D eigenvalue weighted by atomic mass is 10.2. The Kier molecular flexibility index (Phi) is 9.10. The van der Waals surface area contributed by atoms with Gasteiger partial charge in [-0.1, -0.05) is 6.92 Å². The van der Waals surface area contributed by atoms with Crippen LogP contribution in [0.25, 0.3) is 0 Å². The van der Waals surface area contributed by atoms with Gasteiger partial charge in [-0.05, 0) is 32.0 Å². The molecule has 98 valence electrons. The van der Waals surface area contributed by atoms with E-state index >= 15 is 0 Å². The van der Waals surface area contributed by atoms with Crippen molar-refractivity contribution in [1.29, 1.82) is 0 Å². The smallest absolute Gasteiger partial charge is 0.377 e. The standard InChI is InChI=1S/C10H26N2O3Si/c1-10(8-12-7-5-6-11)9-16(13-2,14-3)15-4/h10,12H,5-9,11H2,1-4H3. The highest BCUT2D eigenvalue weighted by Crippen LogP contribution is 2.18. The van der Waals surface area contributed by atoms with Crippen molar-refractivity contribution in [3.05, 3.63) is 0 Å². The van der Waals surface area contributed by atoms with Gasteiger partial charge >= 0.3 is 8.80 Å². The monoisotopic (exact) mass is 250 g/mol. The highest BCUT2D eigenvalue weighted by atomic mass is 28.4. The van der Waals surface area contributed by atoms with E-state index in [-0.39, 0.29) is 0 Å². The quantitative estimate of drug-likeness (QED) is 0.435. The molecule has 0 aliphatic heterocycles. The van der Waals surface area contributed by atoms with E-state index in [0.717, 1.165) is 32.1 Å². The van der Waals surface area contributed by atoms with Gasteiger partial charge in [-0.25, -0.2) is 0 Å². The highest BCUT2D eigenvalue weighted by Gasteiger charge is 2.39. The Morgan fingerprint density at radius 2 is 1.75 bits per heavy atom. The molecule has 0 heterocycles. The molecule has 0 radical (unpaired) electrons. The molecule has 0 rings (SSSR count). The Labute approximate surface area is 100 Å². The van der Waals surface area contributed by atoms with Gasteiger partial charge in [0.25, 0.3) is 0 Å². The molecule has 5 nitrogen and oxygen atoms in total. The number of hydrogen-bond donors (Lipinski definition) is 2. The van der Waals surface area contributed by atoms with Crippen molar-refractivity contribution in [3.8, 4) is 0 Å². The predicted octanol–water partition coefficient (Wildman–Crippen LogP) is 0.439. The normalized spacial score (nSPS) is 14.1. The fourth-order valence-electron chi connectivity index (χ4n) is 1.57. The summed E-state index contributed by atoms with van der Waals surface area (Å²) < 4.78 is 16.1. The topological polar surface area (TPSA) is 65.7 Å². The number of nitrogens with one attached hydrogen (secondary N) is 1. The lowest BCUT2D eigenvalue weighted by Crippen LogP contribution is -2.45. The summed E-state index contributed by atoms with van der Waals surface area (Å²) >= 11 is 0. The molecular weight excluding hydrogens is 224 g/mol. The Morgan fingerprint density at radius 1 is 1.19 bits per heavy atom. The van der Waals surface area contributed by atoms with E-state index in [2.05, 4.69) is 12.2 Å². The van der Waals surface area contributed by atoms with E-state index in [0.29, 0.717) is 5.92 Å². The first kappa shape index (κ1) is 16.0. The minimum Gasteiger partial charge on any atom is -0.377 e. The van der Waals surface area contributed by atoms with Gasteiger partial charge in [0, 0.05) is 27.4 Å². The van der Waals surface area contributed by atoms with Crippen LogP contribution in [0.1, 0.15) is 13.3 Å². The second-order valence-corrected chi connectivity index (χ2v) is 6.95. The van der Waals surface area contributed by atoms with Crippen molar-refractivity contribution in [2.75, 3.05) is 41.0 Å². The molecule has 1 unspecified atom stereocenters. The molecule has 0 aromatic rings. The van der Waals surface area contributed by atoms with Gasteiger partial charge in [0.05, 0.1) is 0 Å². The predicted molar refractivity (Wildman–Crippen MR) is 67.3 cm³/mol. The van der Waals surface area contributed by atoms with Crippen molar-refractivity contribution in [3.63, 3.8) is 0 Å². The summed E-state index contributed by atoms with van der Waals surface area (Å²) in [6.07, 6.45) is 1.01. The summed E-state index contributed by atoms with van der Waals surface area (Å²) in [6.45, 7) is 4.79. The SMILES string of the molecule is CO[Si](CC(C)CNCCCN)(OC)OC. The minimum atomic E-state index is -2.41. The zero-order valence-electron chi connectivity index (χ0n) is 10.9. The summed E-state index contributed by atoms with van der Waals surface area (Å²) in [5.74, 6) is 0.462. The van der Waals surface area contributed by atoms with Crippen molar-refractivity contribution in [1.82, 2.24) is 5.32 Å². The first-order chi connectivity index (χ1) is 7.64. The summed E-state index contributed by atoms with van der Waals surface area (Å²) in [4.78, 5) is 0. The van der Waals surface area contributed by atoms with E-state index in [9.17, 15) is 0 Å². The molecule has 0 aromatic carbocycles. The van der Waals surface area contributed by atoms with Crippen LogP contribution in [0.5, 0.6) is 0 Å². The first-order valence-corrected chi connectivity index (χ1v) is 7.63. The van der Waals surface area contributed by atoms with Crippen LogP contribution in [0.4, 0.5) is 0 Å². The maximum atomic E-state index is 5.42. The van der Waals surface area contributed by atoms with Gasteiger partial charge in [-0.3, -0.25) is 0 Å². The third-order valence-corrected chi connectivity index (χ3v) is 5.64. The van der Waals surface area contributed by atoms with Gasteiger partial charge in [0.1, 0.15) is 0 Å². The van der Waals surface area contributed by atoms with Gasteiger partial charge in [-0.15, -0.1) is 0 Å². The summed E-state index contributed by atoms with van der Waals surface area (Å²) in [5, 5.41) is 3.36. The first-order valence-electron chi connectivity index (χ1n) is 5.70. The molecule has 0 aromatic heterocycles. The number of nitrogens with two attached hydrogens (primary N) is 1. The third kappa shape index (κ3) is 5.93. The fourth-order valence-corrected chi connectivity index (χ4v) is 3.57. The van der Waals surface area contributed by atoms with Crippen LogP contribution in [0, 0.1) is 5.92 Å². The zero-order chi connectivity index (χ0) is 12.4. The van der Waals surface area contributed by atoms with E-state index in [4.69, 9.17) is 19.0 Å². The van der Waals surface area contributed by atoms with E-state index in [1.165, 1.54) is 0 Å². The summed E-state index contributed by atoms with van der Waals surface area (Å²) in [6, 6.07) is 0.826. The van der Waals surface area contributed by atoms with Crippen LogP contribution in [0.3, 0.4) is 0 Å². The molecule has 0 fully saturated rings. The molecule has 0 aliphatic rings. The van der Waals surface area contributed by atoms with E-state index in [1.54, 1.807) is 21.3 Å². The lowest BCUT2D eigenvalue weighted by molar-refractivity contribution is 0.118. The van der Waals surface area contributed by atoms with Crippen molar-refractivity contribution < 1.29 is 13.3 Å². The highest BCUT2D eigenvalue weighted by molar-refractivity contribution is 6.60. The van der Waals surface area contributed by atoms with Gasteiger partial charge in [0.2, 0.25) is 0 Å². The fraction of sp³-hybridized carbons (Fsp3) is 1.00. The van der Waals surface area contributed by atoms with Crippen LogP contribution >= 0.6 is 0 Å². The molecule has 0 saturated heterocycles. The Balaban J connectivity index is 3.86. The van der Waals surface area contributed by atoms with Gasteiger partial charge < -0.3 is 24.3 Å². The lowest BCUT2D eigenvalue weighted by Gasteiger charge is -2.27. The Bertz CT molecular complexity index is 160. The number of hydrogen-bond acceptors (Lipinski definition) is 5. The third-order valence-electron chi connectivity index (χ3n) is 2.58. The molecule has 1 atom stereocenters. The molecule has 0 saturated carbocycles. The largest absolute Gasteiger partial charge is 0.500 e. The second-order valence-electron chi connectivity index (χ2n) is 3.95. The molecule has 0 aliphatic carbocycles. The van der Waals surface area contributed by atoms with Crippen molar-refractivity contribution in [2.45, 2.75) is 19.4 Å². The van der Waals surface area contributed by atoms with E-state index < -0.39 is 8.80 Å². The van der Waals surface area contributed by atoms with Crippen LogP contribution in [-0.4, -0.2) is 49.8 Å². The molecule has 6 heteroatoms. The van der Waals surface area contributed by atoms with Crippen LogP contribution in [-0.2, 0) is 13.3 Å². The molecule has 16 heavy (non-hydrogen) atoms. The minimum absolute atomic E-state index is 0.462. The van der Waals surface area contributed by atoms with Gasteiger partial charge in [0.15, 0.2) is 0 Å². The molecule has 0 bridgehead atoms. The Morgan fingerprint density at radius 3 is 2.19 bits per heavy atom. The average Bonchev–Trinajstić information content (AvgIpc) is 2.32. The van der Waals surface area contributed by atoms with Gasteiger partial charge in [-0.2, -0.15) is 0 Å². The van der Waals surface area contributed by atoms with Crippen molar-refractivity contribution in [2.24, 2.45) is 11.7 Å². The zero-order valence-corrected chi connectivity index (χ0v) is 11.9. The Hall–Kier alpha value is 0.0169. The second kappa shape index (κ2) is 9.09. The molecule has 3 N–H and O–H groups in total. The maximum absolute atomic E-state index is 5.42. The molecular formula is C10H26N2O3Si. The summed E-state index contributed by atoms with van der Waals surface area (Å²) in [5.41, 5.74) is 5.42. The number of rotatable bonds is 10.